The highest BCUT2D eigenvalue weighted by molar-refractivity contribution is 6.55. The van der Waals surface area contributed by atoms with Crippen LogP contribution in [0.3, 0.4) is 0 Å². The third-order valence-electron chi connectivity index (χ3n) is 3.97. The molecule has 0 aromatic heterocycles. The van der Waals surface area contributed by atoms with Gasteiger partial charge in [0.25, 0.3) is 0 Å². The van der Waals surface area contributed by atoms with Crippen LogP contribution in [0.25, 0.3) is 0 Å². The molecule has 124 valence electrons. The number of hydrogen-bond donors (Lipinski definition) is 0. The molecule has 1 unspecified atom stereocenters. The van der Waals surface area contributed by atoms with Gasteiger partial charge in [0.1, 0.15) is 11.6 Å². The Morgan fingerprint density at radius 3 is 2.30 bits per heavy atom. The molecule has 1 atom stereocenters. The first-order valence-corrected chi connectivity index (χ1v) is 11.7. The molecule has 0 aliphatic rings. The summed E-state index contributed by atoms with van der Waals surface area (Å²) in [6.07, 6.45) is 1.07. The van der Waals surface area contributed by atoms with Crippen molar-refractivity contribution in [1.82, 2.24) is 0 Å². The van der Waals surface area contributed by atoms with Crippen molar-refractivity contribution < 1.29 is 9.13 Å². The van der Waals surface area contributed by atoms with Gasteiger partial charge in [0.05, 0.1) is 11.6 Å². The van der Waals surface area contributed by atoms with Crippen LogP contribution in [0.1, 0.15) is 30.4 Å². The van der Waals surface area contributed by atoms with E-state index in [0.717, 1.165) is 17.7 Å². The molecule has 0 aliphatic carbocycles. The largest absolute Gasteiger partial charge is 0.494 e. The molecule has 2 aromatic carbocycles. The van der Waals surface area contributed by atoms with Crippen LogP contribution in [0.5, 0.6) is 5.75 Å². The predicted molar refractivity (Wildman–Crippen MR) is 99.2 cm³/mol. The van der Waals surface area contributed by atoms with Gasteiger partial charge in [-0.2, -0.15) is 0 Å². The van der Waals surface area contributed by atoms with Crippen molar-refractivity contribution in [2.24, 2.45) is 0 Å². The lowest BCUT2D eigenvalue weighted by Crippen LogP contribution is -2.07. The van der Waals surface area contributed by atoms with Crippen LogP contribution in [-0.2, 0) is 0 Å². The van der Waals surface area contributed by atoms with Gasteiger partial charge in [-0.15, -0.1) is 0 Å². The van der Waals surface area contributed by atoms with Gasteiger partial charge >= 0.3 is 0 Å². The summed E-state index contributed by atoms with van der Waals surface area (Å²) in [5.41, 5.74) is 2.31. The van der Waals surface area contributed by atoms with Gasteiger partial charge in [-0.05, 0) is 48.7 Å². The lowest BCUT2D eigenvalue weighted by molar-refractivity contribution is 0.340. The van der Waals surface area contributed by atoms with E-state index in [2.05, 4.69) is 25.2 Å². The zero-order valence-corrected chi connectivity index (χ0v) is 15.9. The first-order valence-electron chi connectivity index (χ1n) is 8.19. The second kappa shape index (κ2) is 8.51. The van der Waals surface area contributed by atoms with Crippen LogP contribution in [0.2, 0.25) is 24.2 Å². The van der Waals surface area contributed by atoms with E-state index in [1.165, 1.54) is 17.7 Å². The van der Waals surface area contributed by atoms with Crippen LogP contribution in [0.4, 0.5) is 4.39 Å². The van der Waals surface area contributed by atoms with Crippen molar-refractivity contribution >= 4 is 20.4 Å². The van der Waals surface area contributed by atoms with E-state index in [-0.39, 0.29) is 16.8 Å². The van der Waals surface area contributed by atoms with Gasteiger partial charge in [-0.3, -0.25) is 0 Å². The minimum Gasteiger partial charge on any atom is -0.494 e. The summed E-state index contributed by atoms with van der Waals surface area (Å²) >= 11 is 5.99. The number of hydrogen-bond acceptors (Lipinski definition) is 1. The molecule has 0 saturated heterocycles. The van der Waals surface area contributed by atoms with E-state index in [1.54, 1.807) is 6.07 Å². The van der Waals surface area contributed by atoms with E-state index in [0.29, 0.717) is 6.61 Å². The Hall–Kier alpha value is -1.32. The summed E-state index contributed by atoms with van der Waals surface area (Å²) in [7, 11) is -0.649. The minimum atomic E-state index is -0.649. The summed E-state index contributed by atoms with van der Waals surface area (Å²) in [4.78, 5) is 0. The zero-order valence-electron chi connectivity index (χ0n) is 14.0. The maximum atomic E-state index is 13.5. The van der Waals surface area contributed by atoms with Crippen LogP contribution >= 0.6 is 11.6 Å². The van der Waals surface area contributed by atoms with Crippen molar-refractivity contribution in [3.63, 3.8) is 0 Å². The Morgan fingerprint density at radius 2 is 1.74 bits per heavy atom. The van der Waals surface area contributed by atoms with Crippen molar-refractivity contribution in [1.29, 1.82) is 0 Å². The van der Waals surface area contributed by atoms with Crippen LogP contribution < -0.4 is 4.74 Å². The maximum absolute atomic E-state index is 13.5. The molecule has 0 N–H and O–H groups in total. The molecule has 0 heterocycles. The van der Waals surface area contributed by atoms with E-state index in [4.69, 9.17) is 16.3 Å². The second-order valence-electron chi connectivity index (χ2n) is 6.20. The summed E-state index contributed by atoms with van der Waals surface area (Å²) in [5, 5.41) is 0.195. The molecule has 0 aliphatic heterocycles. The molecule has 0 fully saturated rings. The van der Waals surface area contributed by atoms with E-state index in [1.807, 2.05) is 25.1 Å². The van der Waals surface area contributed by atoms with Crippen LogP contribution in [0, 0.1) is 5.82 Å². The zero-order chi connectivity index (χ0) is 16.8. The quantitative estimate of drug-likeness (QED) is 0.566. The van der Waals surface area contributed by atoms with E-state index < -0.39 is 8.80 Å². The first kappa shape index (κ1) is 18.0. The highest BCUT2D eigenvalue weighted by Crippen LogP contribution is 2.33. The lowest BCUT2D eigenvalue weighted by atomic mass is 9.89. The molecular formula is C19H24ClFOSi. The minimum absolute atomic E-state index is 0.195. The predicted octanol–water partition coefficient (Wildman–Crippen LogP) is 5.89. The Kier molecular flexibility index (Phi) is 6.67. The normalized spacial score (nSPS) is 12.4. The van der Waals surface area contributed by atoms with Crippen molar-refractivity contribution in [3.05, 3.63) is 64.4 Å². The lowest BCUT2D eigenvalue weighted by Gasteiger charge is -2.20. The van der Waals surface area contributed by atoms with Crippen LogP contribution in [0.15, 0.2) is 42.5 Å². The van der Waals surface area contributed by atoms with Crippen molar-refractivity contribution in [3.8, 4) is 5.75 Å². The van der Waals surface area contributed by atoms with Gasteiger partial charge in [-0.1, -0.05) is 48.9 Å². The molecule has 0 saturated carbocycles. The molecule has 0 spiro atoms. The molecule has 0 amide bonds. The van der Waals surface area contributed by atoms with Gasteiger partial charge < -0.3 is 4.74 Å². The number of benzene rings is 2. The average Bonchev–Trinajstić information content (AvgIpc) is 2.52. The Morgan fingerprint density at radius 1 is 1.09 bits per heavy atom. The Bertz CT molecular complexity index is 628. The van der Waals surface area contributed by atoms with Crippen molar-refractivity contribution in [2.75, 3.05) is 6.61 Å². The third-order valence-corrected chi connectivity index (χ3v) is 5.75. The fourth-order valence-corrected chi connectivity index (χ4v) is 3.91. The average molecular weight is 351 g/mol. The summed E-state index contributed by atoms with van der Waals surface area (Å²) in [6.45, 7) is 7.35. The SMILES string of the molecule is CCOc1ccc(C(CC[SiH](C)C)c2ccc(F)c(Cl)c2)cc1. The Balaban J connectivity index is 2.30. The number of ether oxygens (including phenoxy) is 1. The number of rotatable bonds is 7. The second-order valence-corrected chi connectivity index (χ2v) is 9.97. The topological polar surface area (TPSA) is 9.23 Å². The monoisotopic (exact) mass is 350 g/mol. The molecule has 4 heteroatoms. The third kappa shape index (κ3) is 5.08. The molecular weight excluding hydrogens is 327 g/mol. The van der Waals surface area contributed by atoms with E-state index in [9.17, 15) is 4.39 Å². The highest BCUT2D eigenvalue weighted by atomic mass is 35.5. The summed E-state index contributed by atoms with van der Waals surface area (Å²) < 4.78 is 19.0. The fraction of sp³-hybridized carbons (Fsp3) is 0.368. The highest BCUT2D eigenvalue weighted by Gasteiger charge is 2.16. The van der Waals surface area contributed by atoms with Crippen molar-refractivity contribution in [2.45, 2.75) is 38.4 Å². The Labute approximate surface area is 145 Å². The summed E-state index contributed by atoms with van der Waals surface area (Å²) in [6, 6.07) is 14.5. The molecule has 0 bridgehead atoms. The molecule has 2 rings (SSSR count). The molecule has 1 nitrogen and oxygen atoms in total. The summed E-state index contributed by atoms with van der Waals surface area (Å²) in [5.74, 6) is 0.767. The van der Waals surface area contributed by atoms with E-state index >= 15 is 0 Å². The van der Waals surface area contributed by atoms with Gasteiger partial charge in [0.15, 0.2) is 0 Å². The maximum Gasteiger partial charge on any atom is 0.141 e. The smallest absolute Gasteiger partial charge is 0.141 e. The standard InChI is InChI=1S/C19H24ClFOSi/c1-4-22-16-8-5-14(6-9-16)17(11-12-23(2)3)15-7-10-19(21)18(20)13-15/h5-10,13,17,23H,4,11-12H2,1-3H3. The van der Waals surface area contributed by atoms with Gasteiger partial charge in [0.2, 0.25) is 0 Å². The first-order chi connectivity index (χ1) is 11.0. The van der Waals surface area contributed by atoms with Gasteiger partial charge in [-0.25, -0.2) is 4.39 Å². The fourth-order valence-electron chi connectivity index (χ4n) is 2.72. The van der Waals surface area contributed by atoms with Gasteiger partial charge in [0, 0.05) is 14.7 Å². The molecule has 2 aromatic rings. The molecule has 0 radical (unpaired) electrons. The molecule has 23 heavy (non-hydrogen) atoms. The number of halogens is 2. The van der Waals surface area contributed by atoms with Crippen LogP contribution in [-0.4, -0.2) is 15.4 Å².